The van der Waals surface area contributed by atoms with Gasteiger partial charge in [0, 0.05) is 30.4 Å². The molecule has 3 amide bonds. The number of nitrogens with zero attached hydrogens (tertiary/aromatic N) is 2. The van der Waals surface area contributed by atoms with E-state index in [1.165, 1.54) is 23.2 Å². The van der Waals surface area contributed by atoms with Crippen LogP contribution in [-0.4, -0.2) is 40.7 Å². The molecular formula is C23H24N4O3S. The average Bonchev–Trinajstić information content (AvgIpc) is 3.15. The fourth-order valence-electron chi connectivity index (χ4n) is 2.98. The first-order chi connectivity index (χ1) is 14.9. The van der Waals surface area contributed by atoms with Crippen LogP contribution in [0.25, 0.3) is 10.6 Å². The van der Waals surface area contributed by atoms with E-state index in [0.29, 0.717) is 28.5 Å². The SMILES string of the molecule is CCN(CC(=O)Nc1ccc(NC(C)=O)cc1)C(=O)c1sc(-c2ccccc2)nc1C. The Hall–Kier alpha value is -3.52. The molecule has 2 N–H and O–H groups in total. The summed E-state index contributed by atoms with van der Waals surface area (Å²) in [6.07, 6.45) is 0. The highest BCUT2D eigenvalue weighted by molar-refractivity contribution is 7.17. The zero-order valence-corrected chi connectivity index (χ0v) is 18.5. The highest BCUT2D eigenvalue weighted by Crippen LogP contribution is 2.28. The summed E-state index contributed by atoms with van der Waals surface area (Å²) in [5.41, 5.74) is 2.84. The fraction of sp³-hybridized carbons (Fsp3) is 0.217. The second kappa shape index (κ2) is 9.99. The number of rotatable bonds is 7. The predicted molar refractivity (Wildman–Crippen MR) is 123 cm³/mol. The lowest BCUT2D eigenvalue weighted by Gasteiger charge is -2.20. The minimum atomic E-state index is -0.298. The summed E-state index contributed by atoms with van der Waals surface area (Å²) in [6.45, 7) is 5.40. The topological polar surface area (TPSA) is 91.4 Å². The molecule has 3 aromatic rings. The van der Waals surface area contributed by atoms with E-state index in [9.17, 15) is 14.4 Å². The van der Waals surface area contributed by atoms with Crippen molar-refractivity contribution in [2.75, 3.05) is 23.7 Å². The summed E-state index contributed by atoms with van der Waals surface area (Å²) in [6, 6.07) is 16.5. The first-order valence-electron chi connectivity index (χ1n) is 9.87. The molecule has 31 heavy (non-hydrogen) atoms. The van der Waals surface area contributed by atoms with Crippen LogP contribution in [0.5, 0.6) is 0 Å². The molecule has 0 bridgehead atoms. The Morgan fingerprint density at radius 2 is 1.58 bits per heavy atom. The van der Waals surface area contributed by atoms with E-state index >= 15 is 0 Å². The maximum Gasteiger partial charge on any atom is 0.266 e. The Balaban J connectivity index is 1.66. The maximum absolute atomic E-state index is 13.1. The number of amides is 3. The Morgan fingerprint density at radius 3 is 2.16 bits per heavy atom. The smallest absolute Gasteiger partial charge is 0.266 e. The van der Waals surface area contributed by atoms with E-state index in [4.69, 9.17) is 0 Å². The van der Waals surface area contributed by atoms with Crippen molar-refractivity contribution in [1.29, 1.82) is 0 Å². The van der Waals surface area contributed by atoms with Gasteiger partial charge in [-0.05, 0) is 38.1 Å². The van der Waals surface area contributed by atoms with Gasteiger partial charge in [-0.3, -0.25) is 14.4 Å². The molecule has 2 aromatic carbocycles. The van der Waals surface area contributed by atoms with Gasteiger partial charge < -0.3 is 15.5 Å². The quantitative estimate of drug-likeness (QED) is 0.581. The van der Waals surface area contributed by atoms with Crippen LogP contribution in [0.2, 0.25) is 0 Å². The molecule has 160 valence electrons. The zero-order valence-electron chi connectivity index (χ0n) is 17.6. The first kappa shape index (κ1) is 22.2. The van der Waals surface area contributed by atoms with Crippen molar-refractivity contribution in [2.45, 2.75) is 20.8 Å². The summed E-state index contributed by atoms with van der Waals surface area (Å²) in [5.74, 6) is -0.675. The van der Waals surface area contributed by atoms with Gasteiger partial charge in [-0.15, -0.1) is 11.3 Å². The zero-order chi connectivity index (χ0) is 22.4. The van der Waals surface area contributed by atoms with E-state index in [1.807, 2.05) is 37.3 Å². The molecule has 0 unspecified atom stereocenters. The number of benzene rings is 2. The number of nitrogens with one attached hydrogen (secondary N) is 2. The Morgan fingerprint density at radius 1 is 0.968 bits per heavy atom. The third-order valence-corrected chi connectivity index (χ3v) is 5.70. The van der Waals surface area contributed by atoms with Crippen LogP contribution in [0.3, 0.4) is 0 Å². The van der Waals surface area contributed by atoms with E-state index in [2.05, 4.69) is 15.6 Å². The minimum Gasteiger partial charge on any atom is -0.329 e. The van der Waals surface area contributed by atoms with E-state index in [0.717, 1.165) is 10.6 Å². The average molecular weight is 437 g/mol. The molecule has 0 aliphatic rings. The van der Waals surface area contributed by atoms with E-state index in [-0.39, 0.29) is 24.3 Å². The number of carbonyl (C=O) groups is 3. The van der Waals surface area contributed by atoms with Gasteiger partial charge in [0.05, 0.1) is 5.69 Å². The van der Waals surface area contributed by atoms with Crippen molar-refractivity contribution in [2.24, 2.45) is 0 Å². The monoisotopic (exact) mass is 436 g/mol. The van der Waals surface area contributed by atoms with E-state index in [1.54, 1.807) is 31.2 Å². The van der Waals surface area contributed by atoms with Gasteiger partial charge in [-0.1, -0.05) is 30.3 Å². The van der Waals surface area contributed by atoms with Crippen molar-refractivity contribution in [3.63, 3.8) is 0 Å². The lowest BCUT2D eigenvalue weighted by atomic mass is 10.2. The van der Waals surface area contributed by atoms with Crippen molar-refractivity contribution < 1.29 is 14.4 Å². The lowest BCUT2D eigenvalue weighted by Crippen LogP contribution is -2.37. The van der Waals surface area contributed by atoms with Gasteiger partial charge in [0.2, 0.25) is 11.8 Å². The number of aromatic nitrogens is 1. The molecular weight excluding hydrogens is 412 g/mol. The number of anilines is 2. The number of carbonyl (C=O) groups excluding carboxylic acids is 3. The third-order valence-electron chi connectivity index (χ3n) is 4.50. The molecule has 0 spiro atoms. The van der Waals surface area contributed by atoms with Crippen LogP contribution in [0.1, 0.15) is 29.2 Å². The molecule has 0 fully saturated rings. The Bertz CT molecular complexity index is 1080. The van der Waals surface area contributed by atoms with Gasteiger partial charge >= 0.3 is 0 Å². The largest absolute Gasteiger partial charge is 0.329 e. The van der Waals surface area contributed by atoms with Crippen LogP contribution in [0.15, 0.2) is 54.6 Å². The van der Waals surface area contributed by atoms with Gasteiger partial charge in [-0.25, -0.2) is 4.98 Å². The molecule has 0 radical (unpaired) electrons. The number of hydrogen-bond acceptors (Lipinski definition) is 5. The van der Waals surface area contributed by atoms with E-state index < -0.39 is 0 Å². The third kappa shape index (κ3) is 5.76. The molecule has 0 saturated heterocycles. The summed E-state index contributed by atoms with van der Waals surface area (Å²) in [7, 11) is 0. The molecule has 1 aromatic heterocycles. The molecule has 0 atom stereocenters. The Labute approximate surface area is 185 Å². The molecule has 7 nitrogen and oxygen atoms in total. The number of thiazole rings is 1. The number of hydrogen-bond donors (Lipinski definition) is 2. The first-order valence-corrected chi connectivity index (χ1v) is 10.7. The summed E-state index contributed by atoms with van der Waals surface area (Å²) >= 11 is 1.33. The van der Waals surface area contributed by atoms with Crippen molar-refractivity contribution in [3.05, 3.63) is 65.2 Å². The van der Waals surface area contributed by atoms with Gasteiger partial charge in [0.1, 0.15) is 16.4 Å². The molecule has 0 aliphatic carbocycles. The molecule has 3 rings (SSSR count). The molecule has 1 heterocycles. The van der Waals surface area contributed by atoms with Crippen LogP contribution in [0.4, 0.5) is 11.4 Å². The number of likely N-dealkylation sites (N-methyl/N-ethyl adjacent to an activating group) is 1. The second-order valence-electron chi connectivity index (χ2n) is 6.93. The van der Waals surface area contributed by atoms with Gasteiger partial charge in [-0.2, -0.15) is 0 Å². The molecule has 8 heteroatoms. The standard InChI is InChI=1S/C23H24N4O3S/c1-4-27(14-20(29)26-19-12-10-18(11-13-19)25-16(3)28)23(30)21-15(2)24-22(31-21)17-8-6-5-7-9-17/h5-13H,4,14H2,1-3H3,(H,25,28)(H,26,29). The summed E-state index contributed by atoms with van der Waals surface area (Å²) < 4.78 is 0. The van der Waals surface area contributed by atoms with Crippen molar-refractivity contribution >= 4 is 40.4 Å². The summed E-state index contributed by atoms with van der Waals surface area (Å²) in [5, 5.41) is 6.23. The normalized spacial score (nSPS) is 10.4. The highest BCUT2D eigenvalue weighted by atomic mass is 32.1. The lowest BCUT2D eigenvalue weighted by molar-refractivity contribution is -0.117. The van der Waals surface area contributed by atoms with Gasteiger partial charge in [0.15, 0.2) is 0 Å². The summed E-state index contributed by atoms with van der Waals surface area (Å²) in [4.78, 5) is 43.2. The fourth-order valence-corrected chi connectivity index (χ4v) is 4.02. The number of aryl methyl sites for hydroxylation is 1. The van der Waals surface area contributed by atoms with Crippen LogP contribution in [-0.2, 0) is 9.59 Å². The molecule has 0 saturated carbocycles. The van der Waals surface area contributed by atoms with Gasteiger partial charge in [0.25, 0.3) is 5.91 Å². The van der Waals surface area contributed by atoms with Crippen molar-refractivity contribution in [3.8, 4) is 10.6 Å². The van der Waals surface area contributed by atoms with Crippen LogP contribution >= 0.6 is 11.3 Å². The minimum absolute atomic E-state index is 0.0687. The Kier molecular flexibility index (Phi) is 7.15. The van der Waals surface area contributed by atoms with Crippen LogP contribution < -0.4 is 10.6 Å². The van der Waals surface area contributed by atoms with Crippen molar-refractivity contribution in [1.82, 2.24) is 9.88 Å². The molecule has 0 aliphatic heterocycles. The highest BCUT2D eigenvalue weighted by Gasteiger charge is 2.23. The predicted octanol–water partition coefficient (Wildman–Crippen LogP) is 4.18. The second-order valence-corrected chi connectivity index (χ2v) is 7.92. The maximum atomic E-state index is 13.1. The van der Waals surface area contributed by atoms with Crippen LogP contribution in [0, 0.1) is 6.92 Å².